The molecule has 2 aliphatic carbocycles. The second-order valence-corrected chi connectivity index (χ2v) is 5.40. The van der Waals surface area contributed by atoms with Gasteiger partial charge in [0, 0.05) is 23.1 Å². The van der Waals surface area contributed by atoms with Gasteiger partial charge in [-0.1, -0.05) is 30.4 Å². The average Bonchev–Trinajstić information content (AvgIpc) is 2.50. The summed E-state index contributed by atoms with van der Waals surface area (Å²) in [5.41, 5.74) is 2.47. The Kier molecular flexibility index (Phi) is 3.34. The maximum absolute atomic E-state index is 12.6. The van der Waals surface area contributed by atoms with Crippen LogP contribution in [0.2, 0.25) is 0 Å². The number of benzene rings is 1. The van der Waals surface area contributed by atoms with Gasteiger partial charge >= 0.3 is 0 Å². The molecule has 0 amide bonds. The number of rotatable bonds is 2. The molecule has 0 radical (unpaired) electrons. The molecule has 1 aromatic rings. The van der Waals surface area contributed by atoms with Gasteiger partial charge in [-0.15, -0.1) is 0 Å². The van der Waals surface area contributed by atoms with Crippen LogP contribution in [0.3, 0.4) is 0 Å². The fourth-order valence-electron chi connectivity index (χ4n) is 2.84. The van der Waals surface area contributed by atoms with Crippen molar-refractivity contribution in [2.45, 2.75) is 26.2 Å². The Morgan fingerprint density at radius 2 is 1.95 bits per heavy atom. The normalized spacial score (nSPS) is 17.9. The maximum Gasteiger partial charge on any atom is 0.194 e. The fourth-order valence-corrected chi connectivity index (χ4v) is 2.84. The Morgan fingerprint density at radius 1 is 1.14 bits per heavy atom. The molecule has 3 heteroatoms. The summed E-state index contributed by atoms with van der Waals surface area (Å²) in [5.74, 6) is -0.528. The van der Waals surface area contributed by atoms with Gasteiger partial charge in [0.15, 0.2) is 11.6 Å². The van der Waals surface area contributed by atoms with Crippen LogP contribution < -0.4 is 0 Å². The monoisotopic (exact) mass is 280 g/mol. The molecular weight excluding hydrogens is 264 g/mol. The second-order valence-electron chi connectivity index (χ2n) is 5.40. The highest BCUT2D eigenvalue weighted by Crippen LogP contribution is 2.34. The van der Waals surface area contributed by atoms with Gasteiger partial charge in [0.1, 0.15) is 5.75 Å². The molecule has 0 atom stereocenters. The van der Waals surface area contributed by atoms with Gasteiger partial charge in [-0.05, 0) is 31.4 Å². The number of hydrogen-bond donors (Lipinski definition) is 1. The first-order valence-corrected chi connectivity index (χ1v) is 7.06. The Balaban J connectivity index is 2.05. The van der Waals surface area contributed by atoms with E-state index in [1.54, 1.807) is 19.1 Å². The van der Waals surface area contributed by atoms with Crippen molar-refractivity contribution in [1.29, 1.82) is 0 Å². The highest BCUT2D eigenvalue weighted by Gasteiger charge is 2.32. The van der Waals surface area contributed by atoms with E-state index in [-0.39, 0.29) is 22.9 Å². The average molecular weight is 280 g/mol. The Hall–Kier alpha value is -2.42. The van der Waals surface area contributed by atoms with E-state index in [2.05, 4.69) is 12.2 Å². The van der Waals surface area contributed by atoms with Gasteiger partial charge < -0.3 is 5.11 Å². The van der Waals surface area contributed by atoms with Crippen LogP contribution in [0.5, 0.6) is 5.75 Å². The lowest BCUT2D eigenvalue weighted by atomic mass is 9.81. The number of Topliss-reactive ketones (excluding diaryl/α,β-unsaturated/α-hetero) is 2. The summed E-state index contributed by atoms with van der Waals surface area (Å²) in [5, 5.41) is 9.93. The predicted molar refractivity (Wildman–Crippen MR) is 80.5 cm³/mol. The molecule has 0 heterocycles. The second kappa shape index (κ2) is 5.17. The summed E-state index contributed by atoms with van der Waals surface area (Å²) in [4.78, 5) is 25.1. The van der Waals surface area contributed by atoms with E-state index >= 15 is 0 Å². The zero-order valence-corrected chi connectivity index (χ0v) is 11.8. The maximum atomic E-state index is 12.6. The van der Waals surface area contributed by atoms with E-state index in [9.17, 15) is 14.7 Å². The predicted octanol–water partition coefficient (Wildman–Crippen LogP) is 3.75. The van der Waals surface area contributed by atoms with Crippen LogP contribution in [0.15, 0.2) is 53.1 Å². The highest BCUT2D eigenvalue weighted by atomic mass is 16.3. The molecule has 0 aliphatic heterocycles. The number of phenolic OH excluding ortho intramolecular Hbond substituents is 1. The number of carbonyl (C=O) groups is 2. The van der Waals surface area contributed by atoms with Crippen molar-refractivity contribution in [2.24, 2.45) is 0 Å². The quantitative estimate of drug-likeness (QED) is 0.897. The van der Waals surface area contributed by atoms with E-state index in [0.717, 1.165) is 18.4 Å². The molecule has 0 saturated heterocycles. The highest BCUT2D eigenvalue weighted by molar-refractivity contribution is 6.27. The Morgan fingerprint density at radius 3 is 2.67 bits per heavy atom. The molecule has 3 nitrogen and oxygen atoms in total. The third kappa shape index (κ3) is 2.25. The lowest BCUT2D eigenvalue weighted by Crippen LogP contribution is -2.21. The van der Waals surface area contributed by atoms with Crippen molar-refractivity contribution >= 4 is 11.6 Å². The van der Waals surface area contributed by atoms with Crippen LogP contribution in [0.4, 0.5) is 0 Å². The number of phenols is 1. The lowest BCUT2D eigenvalue weighted by Gasteiger charge is -2.20. The first-order valence-electron chi connectivity index (χ1n) is 7.06. The number of aromatic hydroxyl groups is 1. The van der Waals surface area contributed by atoms with Crippen LogP contribution >= 0.6 is 0 Å². The summed E-state index contributed by atoms with van der Waals surface area (Å²) in [6.07, 6.45) is 8.59. The van der Waals surface area contributed by atoms with Crippen LogP contribution in [0.25, 0.3) is 0 Å². The number of carbonyl (C=O) groups excluding carboxylic acids is 2. The minimum atomic E-state index is -0.236. The van der Waals surface area contributed by atoms with Gasteiger partial charge in [0.05, 0.1) is 5.56 Å². The Bertz CT molecular complexity index is 733. The largest absolute Gasteiger partial charge is 0.507 e. The molecule has 2 aliphatic rings. The number of ketones is 2. The summed E-state index contributed by atoms with van der Waals surface area (Å²) in [6, 6.07) is 4.63. The molecule has 0 spiro atoms. The standard InChI is InChI=1S/C18H16O3/c1-11-14(10-12-6-3-2-4-7-12)18(21)16-13(17(11)20)8-5-9-15(16)19/h3,5-9,19H,2,4,10H2,1H3. The summed E-state index contributed by atoms with van der Waals surface area (Å²) in [7, 11) is 0. The molecule has 21 heavy (non-hydrogen) atoms. The van der Waals surface area contributed by atoms with Gasteiger partial charge in [-0.3, -0.25) is 9.59 Å². The molecule has 0 aromatic heterocycles. The lowest BCUT2D eigenvalue weighted by molar-refractivity contribution is 0.0970. The molecule has 1 N–H and O–H groups in total. The Labute approximate surface area is 123 Å². The minimum Gasteiger partial charge on any atom is -0.507 e. The van der Waals surface area contributed by atoms with E-state index in [4.69, 9.17) is 0 Å². The first kappa shape index (κ1) is 13.6. The van der Waals surface area contributed by atoms with E-state index in [1.807, 2.05) is 6.08 Å². The third-order valence-electron chi connectivity index (χ3n) is 4.03. The van der Waals surface area contributed by atoms with E-state index < -0.39 is 0 Å². The zero-order chi connectivity index (χ0) is 15.0. The minimum absolute atomic E-state index is 0.121. The fraction of sp³-hybridized carbons (Fsp3) is 0.222. The molecule has 1 aromatic carbocycles. The molecule has 0 unspecified atom stereocenters. The van der Waals surface area contributed by atoms with Gasteiger partial charge in [0.2, 0.25) is 0 Å². The molecule has 0 fully saturated rings. The van der Waals surface area contributed by atoms with Crippen molar-refractivity contribution in [3.8, 4) is 5.75 Å². The zero-order valence-electron chi connectivity index (χ0n) is 11.8. The smallest absolute Gasteiger partial charge is 0.194 e. The van der Waals surface area contributed by atoms with Crippen LogP contribution in [0.1, 0.15) is 46.9 Å². The van der Waals surface area contributed by atoms with Gasteiger partial charge in [-0.2, -0.15) is 0 Å². The molecule has 0 bridgehead atoms. The molecular formula is C18H16O3. The topological polar surface area (TPSA) is 54.4 Å². The van der Waals surface area contributed by atoms with Crippen LogP contribution in [-0.4, -0.2) is 16.7 Å². The summed E-state index contributed by atoms with van der Waals surface area (Å²) >= 11 is 0. The molecule has 106 valence electrons. The van der Waals surface area contributed by atoms with Crippen LogP contribution in [-0.2, 0) is 0 Å². The van der Waals surface area contributed by atoms with Crippen molar-refractivity contribution in [3.63, 3.8) is 0 Å². The summed E-state index contributed by atoms with van der Waals surface area (Å²) < 4.78 is 0. The summed E-state index contributed by atoms with van der Waals surface area (Å²) in [6.45, 7) is 1.69. The van der Waals surface area contributed by atoms with Crippen LogP contribution in [0, 0.1) is 0 Å². The SMILES string of the molecule is CC1=C(CC2=CCCC=C2)C(=O)c2c(O)cccc2C1=O. The van der Waals surface area contributed by atoms with Gasteiger partial charge in [-0.25, -0.2) is 0 Å². The van der Waals surface area contributed by atoms with Crippen molar-refractivity contribution < 1.29 is 14.7 Å². The number of hydrogen-bond acceptors (Lipinski definition) is 3. The third-order valence-corrected chi connectivity index (χ3v) is 4.03. The van der Waals surface area contributed by atoms with E-state index in [0.29, 0.717) is 23.1 Å². The van der Waals surface area contributed by atoms with Crippen molar-refractivity contribution in [2.75, 3.05) is 0 Å². The number of allylic oxidation sites excluding steroid dienone is 6. The molecule has 3 rings (SSSR count). The first-order chi connectivity index (χ1) is 10.1. The van der Waals surface area contributed by atoms with Gasteiger partial charge in [0.25, 0.3) is 0 Å². The molecule has 0 saturated carbocycles. The number of fused-ring (bicyclic) bond motifs is 1. The van der Waals surface area contributed by atoms with E-state index in [1.165, 1.54) is 6.07 Å². The van der Waals surface area contributed by atoms with Crippen molar-refractivity contribution in [3.05, 3.63) is 64.3 Å². The van der Waals surface area contributed by atoms with Crippen molar-refractivity contribution in [1.82, 2.24) is 0 Å².